The SMILES string of the molecule is CCC(=O)Nc1cc(-c2nnc3n2CCCCC3)ccc1Cl. The second-order valence-electron chi connectivity index (χ2n) is 5.50. The fourth-order valence-electron chi connectivity index (χ4n) is 2.70. The zero-order chi connectivity index (χ0) is 15.5. The molecule has 0 aliphatic carbocycles. The van der Waals surface area contributed by atoms with Crippen molar-refractivity contribution in [3.8, 4) is 11.4 Å². The molecule has 0 saturated carbocycles. The molecule has 2 heterocycles. The Morgan fingerprint density at radius 2 is 2.18 bits per heavy atom. The Hall–Kier alpha value is -1.88. The van der Waals surface area contributed by atoms with E-state index in [-0.39, 0.29) is 5.91 Å². The van der Waals surface area contributed by atoms with Gasteiger partial charge in [0.05, 0.1) is 10.7 Å². The topological polar surface area (TPSA) is 59.8 Å². The quantitative estimate of drug-likeness (QED) is 0.939. The molecule has 3 rings (SSSR count). The molecule has 1 N–H and O–H groups in total. The molecular weight excluding hydrogens is 300 g/mol. The van der Waals surface area contributed by atoms with E-state index in [1.54, 1.807) is 6.07 Å². The molecule has 0 unspecified atom stereocenters. The number of benzene rings is 1. The highest BCUT2D eigenvalue weighted by Crippen LogP contribution is 2.29. The van der Waals surface area contributed by atoms with E-state index in [2.05, 4.69) is 20.1 Å². The first kappa shape index (κ1) is 15.0. The van der Waals surface area contributed by atoms with Crippen LogP contribution in [0, 0.1) is 0 Å². The maximum Gasteiger partial charge on any atom is 0.224 e. The normalized spacial score (nSPS) is 14.3. The highest BCUT2D eigenvalue weighted by atomic mass is 35.5. The van der Waals surface area contributed by atoms with E-state index in [0.29, 0.717) is 17.1 Å². The Balaban J connectivity index is 1.97. The zero-order valence-electron chi connectivity index (χ0n) is 12.6. The number of nitrogens with one attached hydrogen (secondary N) is 1. The summed E-state index contributed by atoms with van der Waals surface area (Å²) in [6.45, 7) is 2.75. The van der Waals surface area contributed by atoms with Crippen molar-refractivity contribution < 1.29 is 4.79 Å². The van der Waals surface area contributed by atoms with E-state index in [0.717, 1.165) is 43.0 Å². The number of anilines is 1. The van der Waals surface area contributed by atoms with Gasteiger partial charge in [-0.25, -0.2) is 0 Å². The summed E-state index contributed by atoms with van der Waals surface area (Å²) < 4.78 is 2.18. The summed E-state index contributed by atoms with van der Waals surface area (Å²) in [7, 11) is 0. The number of hydrogen-bond acceptors (Lipinski definition) is 3. The number of nitrogens with zero attached hydrogens (tertiary/aromatic N) is 3. The van der Waals surface area contributed by atoms with Gasteiger partial charge in [-0.1, -0.05) is 24.9 Å². The van der Waals surface area contributed by atoms with Crippen molar-refractivity contribution in [3.05, 3.63) is 29.0 Å². The molecule has 1 aliphatic heterocycles. The fraction of sp³-hybridized carbons (Fsp3) is 0.438. The molecule has 22 heavy (non-hydrogen) atoms. The van der Waals surface area contributed by atoms with E-state index in [4.69, 9.17) is 11.6 Å². The Kier molecular flexibility index (Phi) is 4.43. The smallest absolute Gasteiger partial charge is 0.224 e. The van der Waals surface area contributed by atoms with Crippen molar-refractivity contribution in [3.63, 3.8) is 0 Å². The number of fused-ring (bicyclic) bond motifs is 1. The van der Waals surface area contributed by atoms with Crippen LogP contribution < -0.4 is 5.32 Å². The zero-order valence-corrected chi connectivity index (χ0v) is 13.4. The van der Waals surface area contributed by atoms with Crippen LogP contribution in [0.4, 0.5) is 5.69 Å². The first-order valence-corrected chi connectivity index (χ1v) is 8.08. The van der Waals surface area contributed by atoms with Gasteiger partial charge in [-0.15, -0.1) is 10.2 Å². The third kappa shape index (κ3) is 2.99. The van der Waals surface area contributed by atoms with E-state index in [1.807, 2.05) is 19.1 Å². The molecule has 0 bridgehead atoms. The number of amides is 1. The largest absolute Gasteiger partial charge is 0.325 e. The third-order valence-corrected chi connectivity index (χ3v) is 4.26. The molecule has 6 heteroatoms. The average molecular weight is 319 g/mol. The number of carbonyl (C=O) groups excluding carboxylic acids is 1. The van der Waals surface area contributed by atoms with Crippen LogP contribution in [-0.4, -0.2) is 20.7 Å². The van der Waals surface area contributed by atoms with Crippen LogP contribution in [-0.2, 0) is 17.8 Å². The minimum atomic E-state index is -0.0564. The number of carbonyl (C=O) groups is 1. The molecule has 1 amide bonds. The van der Waals surface area contributed by atoms with Crippen LogP contribution >= 0.6 is 11.6 Å². The summed E-state index contributed by atoms with van der Waals surface area (Å²) in [5.41, 5.74) is 1.55. The molecule has 0 radical (unpaired) electrons. The van der Waals surface area contributed by atoms with Crippen LogP contribution in [0.2, 0.25) is 5.02 Å². The minimum absolute atomic E-state index is 0.0564. The van der Waals surface area contributed by atoms with Gasteiger partial charge in [-0.2, -0.15) is 0 Å². The Morgan fingerprint density at radius 1 is 1.32 bits per heavy atom. The highest BCUT2D eigenvalue weighted by molar-refractivity contribution is 6.33. The monoisotopic (exact) mass is 318 g/mol. The van der Waals surface area contributed by atoms with Gasteiger partial charge >= 0.3 is 0 Å². The fourth-order valence-corrected chi connectivity index (χ4v) is 2.86. The number of aryl methyl sites for hydroxylation is 1. The molecule has 5 nitrogen and oxygen atoms in total. The second-order valence-corrected chi connectivity index (χ2v) is 5.91. The van der Waals surface area contributed by atoms with Gasteiger partial charge < -0.3 is 9.88 Å². The summed E-state index contributed by atoms with van der Waals surface area (Å²) in [5.74, 6) is 1.83. The van der Waals surface area contributed by atoms with E-state index in [9.17, 15) is 4.79 Å². The van der Waals surface area contributed by atoms with Gasteiger partial charge in [0.25, 0.3) is 0 Å². The van der Waals surface area contributed by atoms with Gasteiger partial charge in [0.2, 0.25) is 5.91 Å². The molecule has 1 aromatic heterocycles. The van der Waals surface area contributed by atoms with Crippen molar-refractivity contribution in [1.82, 2.24) is 14.8 Å². The maximum atomic E-state index is 11.6. The first-order chi connectivity index (χ1) is 10.7. The van der Waals surface area contributed by atoms with Crippen molar-refractivity contribution >= 4 is 23.2 Å². The van der Waals surface area contributed by atoms with Crippen LogP contribution in [0.3, 0.4) is 0 Å². The van der Waals surface area contributed by atoms with E-state index >= 15 is 0 Å². The minimum Gasteiger partial charge on any atom is -0.325 e. The maximum absolute atomic E-state index is 11.6. The van der Waals surface area contributed by atoms with Crippen molar-refractivity contribution in [2.45, 2.75) is 45.6 Å². The first-order valence-electron chi connectivity index (χ1n) is 7.71. The molecule has 0 fully saturated rings. The summed E-state index contributed by atoms with van der Waals surface area (Å²) in [4.78, 5) is 11.6. The Morgan fingerprint density at radius 3 is 3.00 bits per heavy atom. The molecule has 0 atom stereocenters. The van der Waals surface area contributed by atoms with Crippen LogP contribution in [0.5, 0.6) is 0 Å². The van der Waals surface area contributed by atoms with Gasteiger partial charge in [-0.3, -0.25) is 4.79 Å². The lowest BCUT2D eigenvalue weighted by molar-refractivity contribution is -0.115. The predicted molar refractivity (Wildman–Crippen MR) is 86.9 cm³/mol. The van der Waals surface area contributed by atoms with Crippen LogP contribution in [0.15, 0.2) is 18.2 Å². The second kappa shape index (κ2) is 6.48. The molecule has 0 spiro atoms. The van der Waals surface area contributed by atoms with Gasteiger partial charge in [0, 0.05) is 24.9 Å². The van der Waals surface area contributed by atoms with Crippen LogP contribution in [0.1, 0.15) is 38.4 Å². The number of aromatic nitrogens is 3. The Bertz CT molecular complexity index is 695. The van der Waals surface area contributed by atoms with Crippen molar-refractivity contribution in [2.24, 2.45) is 0 Å². The summed E-state index contributed by atoms with van der Waals surface area (Å²) >= 11 is 6.17. The van der Waals surface area contributed by atoms with E-state index in [1.165, 1.54) is 6.42 Å². The van der Waals surface area contributed by atoms with Gasteiger partial charge in [-0.05, 0) is 31.0 Å². The highest BCUT2D eigenvalue weighted by Gasteiger charge is 2.17. The summed E-state index contributed by atoms with van der Waals surface area (Å²) in [6, 6.07) is 5.59. The lowest BCUT2D eigenvalue weighted by atomic mass is 10.1. The van der Waals surface area contributed by atoms with E-state index < -0.39 is 0 Å². The number of rotatable bonds is 3. The third-order valence-electron chi connectivity index (χ3n) is 3.93. The molecular formula is C16H19ClN4O. The molecule has 2 aromatic rings. The lowest BCUT2D eigenvalue weighted by Gasteiger charge is -2.10. The Labute approximate surface area is 134 Å². The average Bonchev–Trinajstić information content (AvgIpc) is 2.78. The van der Waals surface area contributed by atoms with Crippen molar-refractivity contribution in [1.29, 1.82) is 0 Å². The number of halogens is 1. The molecule has 116 valence electrons. The van der Waals surface area contributed by atoms with Gasteiger partial charge in [0.15, 0.2) is 5.82 Å². The molecule has 0 saturated heterocycles. The summed E-state index contributed by atoms with van der Waals surface area (Å²) in [5, 5.41) is 12.0. The van der Waals surface area contributed by atoms with Crippen LogP contribution in [0.25, 0.3) is 11.4 Å². The van der Waals surface area contributed by atoms with Gasteiger partial charge in [0.1, 0.15) is 5.82 Å². The standard InChI is InChI=1S/C16H19ClN4O/c1-2-15(22)18-13-10-11(7-8-12(13)17)16-20-19-14-6-4-3-5-9-21(14)16/h7-8,10H,2-6,9H2,1H3,(H,18,22). The number of hydrogen-bond donors (Lipinski definition) is 1. The molecule has 1 aromatic carbocycles. The van der Waals surface area contributed by atoms with Crippen molar-refractivity contribution in [2.75, 3.05) is 5.32 Å². The summed E-state index contributed by atoms with van der Waals surface area (Å²) in [6.07, 6.45) is 4.92. The molecule has 1 aliphatic rings. The lowest BCUT2D eigenvalue weighted by Crippen LogP contribution is -2.10. The predicted octanol–water partition coefficient (Wildman–Crippen LogP) is 3.67.